The molecule has 0 radical (unpaired) electrons. The van der Waals surface area contributed by atoms with Gasteiger partial charge in [0.25, 0.3) is 5.91 Å². The first kappa shape index (κ1) is 17.4. The number of rotatable bonds is 7. The van der Waals surface area contributed by atoms with Crippen molar-refractivity contribution in [1.29, 1.82) is 0 Å². The molecule has 0 fully saturated rings. The van der Waals surface area contributed by atoms with Gasteiger partial charge in [0.15, 0.2) is 6.10 Å². The van der Waals surface area contributed by atoms with Gasteiger partial charge in [0.2, 0.25) is 0 Å². The maximum absolute atomic E-state index is 12.5. The molecule has 4 heteroatoms. The summed E-state index contributed by atoms with van der Waals surface area (Å²) >= 11 is 1.71. The third-order valence-electron chi connectivity index (χ3n) is 3.41. The summed E-state index contributed by atoms with van der Waals surface area (Å²) in [6.07, 6.45) is 0.111. The number of carbonyl (C=O) groups excluding carboxylic acids is 1. The molecule has 0 saturated heterocycles. The summed E-state index contributed by atoms with van der Waals surface area (Å²) in [7, 11) is 0. The second-order valence-corrected chi connectivity index (χ2v) is 6.55. The SMILES string of the molecule is CCSc1ccccc1NC(=O)C(CC)Oc1ccc(C)cc1. The van der Waals surface area contributed by atoms with Crippen molar-refractivity contribution < 1.29 is 9.53 Å². The third-order valence-corrected chi connectivity index (χ3v) is 4.36. The summed E-state index contributed by atoms with van der Waals surface area (Å²) in [5, 5.41) is 2.99. The quantitative estimate of drug-likeness (QED) is 0.734. The molecule has 1 amide bonds. The zero-order valence-corrected chi connectivity index (χ0v) is 14.7. The number of aryl methyl sites for hydroxylation is 1. The van der Waals surface area contributed by atoms with Crippen LogP contribution in [-0.4, -0.2) is 17.8 Å². The molecule has 0 saturated carbocycles. The van der Waals surface area contributed by atoms with E-state index in [9.17, 15) is 4.79 Å². The van der Waals surface area contributed by atoms with Gasteiger partial charge in [-0.1, -0.05) is 43.7 Å². The fraction of sp³-hybridized carbons (Fsp3) is 0.316. The maximum Gasteiger partial charge on any atom is 0.265 e. The lowest BCUT2D eigenvalue weighted by atomic mass is 10.2. The Kier molecular flexibility index (Phi) is 6.53. The number of amides is 1. The highest BCUT2D eigenvalue weighted by molar-refractivity contribution is 7.99. The van der Waals surface area contributed by atoms with Gasteiger partial charge >= 0.3 is 0 Å². The molecular formula is C19H23NO2S. The van der Waals surface area contributed by atoms with Gasteiger partial charge in [0, 0.05) is 4.90 Å². The third kappa shape index (κ3) is 5.03. The highest BCUT2D eigenvalue weighted by atomic mass is 32.2. The van der Waals surface area contributed by atoms with Crippen LogP contribution in [0.5, 0.6) is 5.75 Å². The van der Waals surface area contributed by atoms with E-state index >= 15 is 0 Å². The van der Waals surface area contributed by atoms with Gasteiger partial charge in [0.05, 0.1) is 5.69 Å². The predicted octanol–water partition coefficient (Wildman–Crippen LogP) is 4.90. The molecule has 0 aliphatic rings. The van der Waals surface area contributed by atoms with Crippen LogP contribution in [0.15, 0.2) is 53.4 Å². The Labute approximate surface area is 142 Å². The molecule has 0 spiro atoms. The Morgan fingerprint density at radius 1 is 1.13 bits per heavy atom. The highest BCUT2D eigenvalue weighted by Gasteiger charge is 2.19. The Hall–Kier alpha value is -1.94. The number of carbonyl (C=O) groups is 1. The number of benzene rings is 2. The summed E-state index contributed by atoms with van der Waals surface area (Å²) in [6, 6.07) is 15.6. The average Bonchev–Trinajstić information content (AvgIpc) is 2.56. The number of para-hydroxylation sites is 1. The minimum Gasteiger partial charge on any atom is -0.481 e. The van der Waals surface area contributed by atoms with Crippen LogP contribution in [-0.2, 0) is 4.79 Å². The van der Waals surface area contributed by atoms with Crippen LogP contribution in [0.2, 0.25) is 0 Å². The van der Waals surface area contributed by atoms with E-state index in [4.69, 9.17) is 4.74 Å². The van der Waals surface area contributed by atoms with E-state index < -0.39 is 6.10 Å². The number of anilines is 1. The molecule has 1 unspecified atom stereocenters. The van der Waals surface area contributed by atoms with E-state index in [1.165, 1.54) is 5.56 Å². The fourth-order valence-corrected chi connectivity index (χ4v) is 2.93. The Morgan fingerprint density at radius 2 is 1.83 bits per heavy atom. The zero-order chi connectivity index (χ0) is 16.7. The van der Waals surface area contributed by atoms with E-state index in [1.807, 2.05) is 62.4 Å². The molecule has 0 aliphatic heterocycles. The molecule has 1 atom stereocenters. The van der Waals surface area contributed by atoms with Gasteiger partial charge in [-0.3, -0.25) is 4.79 Å². The normalized spacial score (nSPS) is 11.8. The first-order valence-corrected chi connectivity index (χ1v) is 8.88. The second kappa shape index (κ2) is 8.63. The molecular weight excluding hydrogens is 306 g/mol. The lowest BCUT2D eigenvalue weighted by Gasteiger charge is -2.18. The lowest BCUT2D eigenvalue weighted by molar-refractivity contribution is -0.122. The van der Waals surface area contributed by atoms with Crippen LogP contribution in [0.1, 0.15) is 25.8 Å². The van der Waals surface area contributed by atoms with Gasteiger partial charge in [0.1, 0.15) is 5.75 Å². The number of thioether (sulfide) groups is 1. The molecule has 23 heavy (non-hydrogen) atoms. The summed E-state index contributed by atoms with van der Waals surface area (Å²) in [6.45, 7) is 6.07. The van der Waals surface area contributed by atoms with E-state index in [0.717, 1.165) is 16.3 Å². The molecule has 2 aromatic rings. The van der Waals surface area contributed by atoms with Crippen molar-refractivity contribution in [3.05, 3.63) is 54.1 Å². The van der Waals surface area contributed by atoms with E-state index in [0.29, 0.717) is 12.2 Å². The molecule has 2 aromatic carbocycles. The van der Waals surface area contributed by atoms with Crippen LogP contribution >= 0.6 is 11.8 Å². The minimum absolute atomic E-state index is 0.114. The average molecular weight is 329 g/mol. The van der Waals surface area contributed by atoms with E-state index in [1.54, 1.807) is 11.8 Å². The molecule has 0 heterocycles. The largest absolute Gasteiger partial charge is 0.481 e. The topological polar surface area (TPSA) is 38.3 Å². The summed E-state index contributed by atoms with van der Waals surface area (Å²) < 4.78 is 5.83. The minimum atomic E-state index is -0.502. The van der Waals surface area contributed by atoms with Gasteiger partial charge < -0.3 is 10.1 Å². The van der Waals surface area contributed by atoms with Crippen LogP contribution in [0.3, 0.4) is 0 Å². The highest BCUT2D eigenvalue weighted by Crippen LogP contribution is 2.27. The molecule has 0 bridgehead atoms. The van der Waals surface area contributed by atoms with Crippen molar-refractivity contribution in [3.8, 4) is 5.75 Å². The van der Waals surface area contributed by atoms with E-state index in [2.05, 4.69) is 12.2 Å². The first-order chi connectivity index (χ1) is 11.1. The van der Waals surface area contributed by atoms with Crippen molar-refractivity contribution in [2.75, 3.05) is 11.1 Å². The van der Waals surface area contributed by atoms with Crippen molar-refractivity contribution in [3.63, 3.8) is 0 Å². The summed E-state index contributed by atoms with van der Waals surface area (Å²) in [4.78, 5) is 13.6. The van der Waals surface area contributed by atoms with Gasteiger partial charge in [-0.05, 0) is 43.4 Å². The van der Waals surface area contributed by atoms with Gasteiger partial charge in [-0.25, -0.2) is 0 Å². The van der Waals surface area contributed by atoms with Crippen molar-refractivity contribution in [2.45, 2.75) is 38.2 Å². The summed E-state index contributed by atoms with van der Waals surface area (Å²) in [5.41, 5.74) is 2.01. The molecule has 0 aliphatic carbocycles. The van der Waals surface area contributed by atoms with Crippen LogP contribution < -0.4 is 10.1 Å². The Bertz CT molecular complexity index is 640. The Morgan fingerprint density at radius 3 is 2.48 bits per heavy atom. The predicted molar refractivity (Wildman–Crippen MR) is 97.4 cm³/mol. The first-order valence-electron chi connectivity index (χ1n) is 7.90. The van der Waals surface area contributed by atoms with Gasteiger partial charge in [-0.2, -0.15) is 0 Å². The monoisotopic (exact) mass is 329 g/mol. The molecule has 122 valence electrons. The fourth-order valence-electron chi connectivity index (χ4n) is 2.17. The molecule has 2 rings (SSSR count). The van der Waals surface area contributed by atoms with Crippen molar-refractivity contribution in [1.82, 2.24) is 0 Å². The second-order valence-electron chi connectivity index (χ2n) is 5.25. The number of hydrogen-bond acceptors (Lipinski definition) is 3. The number of nitrogens with one attached hydrogen (secondary N) is 1. The standard InChI is InChI=1S/C19H23NO2S/c1-4-17(22-15-12-10-14(3)11-13-15)19(21)20-16-8-6-7-9-18(16)23-5-2/h6-13,17H,4-5H2,1-3H3,(H,20,21). The molecule has 3 nitrogen and oxygen atoms in total. The lowest BCUT2D eigenvalue weighted by Crippen LogP contribution is -2.32. The van der Waals surface area contributed by atoms with Crippen LogP contribution in [0.25, 0.3) is 0 Å². The zero-order valence-electron chi connectivity index (χ0n) is 13.8. The smallest absolute Gasteiger partial charge is 0.265 e. The van der Waals surface area contributed by atoms with Crippen LogP contribution in [0.4, 0.5) is 5.69 Å². The summed E-state index contributed by atoms with van der Waals surface area (Å²) in [5.74, 6) is 1.57. The van der Waals surface area contributed by atoms with Crippen LogP contribution in [0, 0.1) is 6.92 Å². The Balaban J connectivity index is 2.06. The number of hydrogen-bond donors (Lipinski definition) is 1. The van der Waals surface area contributed by atoms with Crippen molar-refractivity contribution >= 4 is 23.4 Å². The van der Waals surface area contributed by atoms with E-state index in [-0.39, 0.29) is 5.91 Å². The number of ether oxygens (including phenoxy) is 1. The van der Waals surface area contributed by atoms with Gasteiger partial charge in [-0.15, -0.1) is 11.8 Å². The molecule has 0 aromatic heterocycles. The van der Waals surface area contributed by atoms with Crippen molar-refractivity contribution in [2.24, 2.45) is 0 Å². The maximum atomic E-state index is 12.5. The molecule has 1 N–H and O–H groups in total.